The fraction of sp³-hybridized carbons (Fsp3) is 0.765. The monoisotopic (exact) mass is 361 g/mol. The summed E-state index contributed by atoms with van der Waals surface area (Å²) in [7, 11) is 0. The second-order valence-electron chi connectivity index (χ2n) is 6.54. The molecule has 0 radical (unpaired) electrons. The summed E-state index contributed by atoms with van der Waals surface area (Å²) in [5.74, 6) is -0.742. The van der Waals surface area contributed by atoms with Crippen LogP contribution in [-0.2, 0) is 9.59 Å². The van der Waals surface area contributed by atoms with Crippen LogP contribution < -0.4 is 5.32 Å². The molecule has 1 aliphatic carbocycles. The van der Waals surface area contributed by atoms with E-state index in [1.165, 1.54) is 0 Å². The number of rotatable bonds is 6. The van der Waals surface area contributed by atoms with Crippen LogP contribution in [0.3, 0.4) is 0 Å². The predicted molar refractivity (Wildman–Crippen MR) is 87.6 cm³/mol. The van der Waals surface area contributed by atoms with E-state index in [0.29, 0.717) is 25.9 Å². The van der Waals surface area contributed by atoms with Gasteiger partial charge in [0.15, 0.2) is 0 Å². The molecule has 0 bridgehead atoms. The third kappa shape index (κ3) is 5.73. The molecule has 1 heterocycles. The van der Waals surface area contributed by atoms with Gasteiger partial charge in [-0.05, 0) is 52.0 Å². The maximum atomic E-state index is 12.6. The van der Waals surface area contributed by atoms with Gasteiger partial charge in [-0.15, -0.1) is 0 Å². The Hall–Kier alpha value is -1.57. The van der Waals surface area contributed by atoms with Gasteiger partial charge in [0, 0.05) is 12.2 Å². The number of hydrogen-bond donors (Lipinski definition) is 1. The van der Waals surface area contributed by atoms with Crippen molar-refractivity contribution in [1.29, 1.82) is 0 Å². The minimum Gasteiger partial charge on any atom is -0.346 e. The molecule has 8 heteroatoms. The second-order valence-corrected chi connectivity index (χ2v) is 6.54. The molecule has 1 saturated heterocycles. The van der Waals surface area contributed by atoms with Crippen LogP contribution in [-0.4, -0.2) is 60.0 Å². The van der Waals surface area contributed by atoms with E-state index in [1.807, 2.05) is 12.2 Å². The van der Waals surface area contributed by atoms with Crippen molar-refractivity contribution in [2.45, 2.75) is 57.7 Å². The number of halogens is 3. The minimum atomic E-state index is -4.43. The molecule has 142 valence electrons. The lowest BCUT2D eigenvalue weighted by Crippen LogP contribution is -2.49. The van der Waals surface area contributed by atoms with Gasteiger partial charge in [-0.25, -0.2) is 0 Å². The quantitative estimate of drug-likeness (QED) is 0.791. The van der Waals surface area contributed by atoms with Gasteiger partial charge in [-0.1, -0.05) is 6.08 Å². The first kappa shape index (κ1) is 19.8. The van der Waals surface area contributed by atoms with Gasteiger partial charge in [0.25, 0.3) is 0 Å². The number of nitrogens with one attached hydrogen (secondary N) is 1. The predicted octanol–water partition coefficient (Wildman–Crippen LogP) is 2.44. The fourth-order valence-corrected chi connectivity index (χ4v) is 3.48. The number of likely N-dealkylation sites (N-methyl/N-ethyl adjacent to an activating group) is 1. The third-order valence-corrected chi connectivity index (χ3v) is 4.70. The third-order valence-electron chi connectivity index (χ3n) is 4.70. The first-order chi connectivity index (χ1) is 11.8. The van der Waals surface area contributed by atoms with E-state index in [0.717, 1.165) is 31.4 Å². The summed E-state index contributed by atoms with van der Waals surface area (Å²) in [5, 5.41) is 1.93. The summed E-state index contributed by atoms with van der Waals surface area (Å²) < 4.78 is 36.8. The number of carbonyl (C=O) groups is 2. The van der Waals surface area contributed by atoms with E-state index in [2.05, 4.69) is 6.08 Å². The Morgan fingerprint density at radius 2 is 2.08 bits per heavy atom. The second kappa shape index (κ2) is 8.69. The lowest BCUT2D eigenvalue weighted by Gasteiger charge is -2.30. The van der Waals surface area contributed by atoms with Gasteiger partial charge in [-0.3, -0.25) is 14.5 Å². The molecule has 25 heavy (non-hydrogen) atoms. The van der Waals surface area contributed by atoms with Crippen LogP contribution in [0.15, 0.2) is 11.8 Å². The summed E-state index contributed by atoms with van der Waals surface area (Å²) in [6, 6.07) is -0.662. The Bertz CT molecular complexity index is 520. The van der Waals surface area contributed by atoms with Gasteiger partial charge in [0.2, 0.25) is 11.8 Å². The number of carbonyl (C=O) groups excluding carboxylic acids is 2. The molecule has 0 spiro atoms. The van der Waals surface area contributed by atoms with Crippen molar-refractivity contribution in [3.63, 3.8) is 0 Å². The van der Waals surface area contributed by atoms with Crippen LogP contribution in [0, 0.1) is 0 Å². The summed E-state index contributed by atoms with van der Waals surface area (Å²) in [6.45, 7) is 1.74. The van der Waals surface area contributed by atoms with E-state index in [9.17, 15) is 22.8 Å². The molecule has 0 aromatic carbocycles. The average Bonchev–Trinajstić information content (AvgIpc) is 3.02. The minimum absolute atomic E-state index is 0.0648. The summed E-state index contributed by atoms with van der Waals surface area (Å²) in [5.41, 5.74) is 1.02. The molecule has 1 aliphatic heterocycles. The molecule has 1 fully saturated rings. The molecule has 0 aromatic heterocycles. The molecule has 1 N–H and O–H groups in total. The molecule has 2 aliphatic rings. The van der Waals surface area contributed by atoms with E-state index in [4.69, 9.17) is 0 Å². The number of nitrogens with zero attached hydrogens (tertiary/aromatic N) is 2. The van der Waals surface area contributed by atoms with E-state index >= 15 is 0 Å². The van der Waals surface area contributed by atoms with Crippen molar-refractivity contribution < 1.29 is 22.8 Å². The van der Waals surface area contributed by atoms with Crippen molar-refractivity contribution in [2.24, 2.45) is 0 Å². The summed E-state index contributed by atoms with van der Waals surface area (Å²) in [4.78, 5) is 28.1. The SMILES string of the molecule is CCN(C(=O)CN1CCCC1C(=O)NCC(F)(F)F)C1=CCCCC1. The maximum absolute atomic E-state index is 12.6. The van der Waals surface area contributed by atoms with Crippen molar-refractivity contribution in [2.75, 3.05) is 26.2 Å². The maximum Gasteiger partial charge on any atom is 0.405 e. The Morgan fingerprint density at radius 1 is 1.32 bits per heavy atom. The normalized spacial score (nSPS) is 21.8. The highest BCUT2D eigenvalue weighted by molar-refractivity contribution is 5.84. The van der Waals surface area contributed by atoms with E-state index < -0.39 is 24.7 Å². The van der Waals surface area contributed by atoms with Crippen LogP contribution in [0.4, 0.5) is 13.2 Å². The van der Waals surface area contributed by atoms with Gasteiger partial charge in [-0.2, -0.15) is 13.2 Å². The van der Waals surface area contributed by atoms with Crippen molar-refractivity contribution in [3.8, 4) is 0 Å². The van der Waals surface area contributed by atoms with Crippen LogP contribution in [0.5, 0.6) is 0 Å². The zero-order valence-electron chi connectivity index (χ0n) is 14.6. The van der Waals surface area contributed by atoms with E-state index in [1.54, 1.807) is 9.80 Å². The van der Waals surface area contributed by atoms with Crippen LogP contribution in [0.25, 0.3) is 0 Å². The molecule has 0 saturated carbocycles. The Labute approximate surface area is 146 Å². The summed E-state index contributed by atoms with van der Waals surface area (Å²) in [6.07, 6.45) is 2.85. The zero-order valence-corrected chi connectivity index (χ0v) is 14.6. The van der Waals surface area contributed by atoms with Gasteiger partial charge in [0.1, 0.15) is 6.54 Å². The number of amides is 2. The lowest BCUT2D eigenvalue weighted by atomic mass is 10.0. The highest BCUT2D eigenvalue weighted by atomic mass is 19.4. The highest BCUT2D eigenvalue weighted by Crippen LogP contribution is 2.23. The van der Waals surface area contributed by atoms with Crippen LogP contribution in [0.1, 0.15) is 45.4 Å². The molecular weight excluding hydrogens is 335 g/mol. The van der Waals surface area contributed by atoms with Gasteiger partial charge >= 0.3 is 6.18 Å². The standard InChI is InChI=1S/C17H26F3N3O2/c1-2-23(13-7-4-3-5-8-13)15(24)11-22-10-6-9-14(22)16(25)21-12-17(18,19)20/h7,14H,2-6,8-12H2,1H3,(H,21,25). The lowest BCUT2D eigenvalue weighted by molar-refractivity contribution is -0.142. The highest BCUT2D eigenvalue weighted by Gasteiger charge is 2.35. The van der Waals surface area contributed by atoms with Crippen molar-refractivity contribution >= 4 is 11.8 Å². The largest absolute Gasteiger partial charge is 0.405 e. The zero-order chi connectivity index (χ0) is 18.4. The van der Waals surface area contributed by atoms with E-state index in [-0.39, 0.29) is 12.5 Å². The van der Waals surface area contributed by atoms with Gasteiger partial charge < -0.3 is 10.2 Å². The smallest absolute Gasteiger partial charge is 0.346 e. The summed E-state index contributed by atoms with van der Waals surface area (Å²) >= 11 is 0. The molecule has 2 rings (SSSR count). The fourth-order valence-electron chi connectivity index (χ4n) is 3.48. The topological polar surface area (TPSA) is 52.7 Å². The number of likely N-dealkylation sites (tertiary alicyclic amines) is 1. The van der Waals surface area contributed by atoms with Crippen LogP contribution >= 0.6 is 0 Å². The number of allylic oxidation sites excluding steroid dienone is 2. The molecular formula is C17H26F3N3O2. The first-order valence-corrected chi connectivity index (χ1v) is 8.89. The van der Waals surface area contributed by atoms with Gasteiger partial charge in [0.05, 0.1) is 12.6 Å². The molecule has 0 aromatic rings. The Kier molecular flexibility index (Phi) is 6.87. The van der Waals surface area contributed by atoms with Crippen molar-refractivity contribution in [3.05, 3.63) is 11.8 Å². The molecule has 1 atom stereocenters. The van der Waals surface area contributed by atoms with Crippen LogP contribution in [0.2, 0.25) is 0 Å². The Balaban J connectivity index is 1.94. The molecule has 5 nitrogen and oxygen atoms in total. The number of hydrogen-bond acceptors (Lipinski definition) is 3. The number of alkyl halides is 3. The Morgan fingerprint density at radius 3 is 2.68 bits per heavy atom. The molecule has 2 amide bonds. The molecule has 1 unspecified atom stereocenters. The first-order valence-electron chi connectivity index (χ1n) is 8.89. The average molecular weight is 361 g/mol. The van der Waals surface area contributed by atoms with Crippen molar-refractivity contribution in [1.82, 2.24) is 15.1 Å².